The molecule has 0 saturated heterocycles. The summed E-state index contributed by atoms with van der Waals surface area (Å²) < 4.78 is 1.04. The first-order chi connectivity index (χ1) is 12.0. The monoisotopic (exact) mass is 452 g/mol. The summed E-state index contributed by atoms with van der Waals surface area (Å²) in [5, 5.41) is 14.2. The van der Waals surface area contributed by atoms with Crippen LogP contribution in [0.1, 0.15) is 15.9 Å². The molecule has 2 aromatic rings. The maximum atomic E-state index is 11.9. The molecule has 6 nitrogen and oxygen atoms in total. The van der Waals surface area contributed by atoms with Crippen molar-refractivity contribution in [2.75, 3.05) is 6.54 Å². The maximum Gasteiger partial charge on any atom is 0.326 e. The Morgan fingerprint density at radius 2 is 1.64 bits per heavy atom. The average Bonchev–Trinajstić information content (AvgIpc) is 2.61. The number of amides is 2. The Balaban J connectivity index is 1.88. The van der Waals surface area contributed by atoms with Gasteiger partial charge in [-0.2, -0.15) is 0 Å². The van der Waals surface area contributed by atoms with Crippen LogP contribution in [-0.4, -0.2) is 35.5 Å². The number of carbonyl (C=O) groups is 3. The number of carboxylic acid groups (broad SMARTS) is 1. The van der Waals surface area contributed by atoms with Gasteiger partial charge in [0.1, 0.15) is 6.04 Å². The van der Waals surface area contributed by atoms with Crippen LogP contribution in [0.25, 0.3) is 0 Å². The summed E-state index contributed by atoms with van der Waals surface area (Å²) in [5.41, 5.74) is 1.24. The van der Waals surface area contributed by atoms with E-state index < -0.39 is 17.9 Å². The van der Waals surface area contributed by atoms with E-state index >= 15 is 0 Å². The third kappa shape index (κ3) is 6.18. The van der Waals surface area contributed by atoms with E-state index in [9.17, 15) is 19.5 Å². The Kier molecular flexibility index (Phi) is 6.93. The van der Waals surface area contributed by atoms with Crippen LogP contribution >= 0.6 is 22.6 Å². The standard InChI is InChI=1S/C18H17IN2O4/c19-14-8-6-12(7-9-14)10-15(18(24)25)21-16(22)11-20-17(23)13-4-2-1-3-5-13/h1-9,15H,10-11H2,(H,20,23)(H,21,22)(H,24,25)/t15-/m0/s1. The second-order valence-electron chi connectivity index (χ2n) is 5.34. The largest absolute Gasteiger partial charge is 0.480 e. The van der Waals surface area contributed by atoms with Gasteiger partial charge < -0.3 is 15.7 Å². The van der Waals surface area contributed by atoms with Gasteiger partial charge in [0.2, 0.25) is 5.91 Å². The lowest BCUT2D eigenvalue weighted by Crippen LogP contribution is -2.46. The highest BCUT2D eigenvalue weighted by Crippen LogP contribution is 2.09. The predicted molar refractivity (Wildman–Crippen MR) is 101 cm³/mol. The first-order valence-corrected chi connectivity index (χ1v) is 8.63. The number of rotatable bonds is 7. The summed E-state index contributed by atoms with van der Waals surface area (Å²) in [7, 11) is 0. The van der Waals surface area contributed by atoms with E-state index in [-0.39, 0.29) is 18.9 Å². The van der Waals surface area contributed by atoms with Crippen molar-refractivity contribution in [3.8, 4) is 0 Å². The molecule has 0 fully saturated rings. The highest BCUT2D eigenvalue weighted by atomic mass is 127. The van der Waals surface area contributed by atoms with Gasteiger partial charge in [-0.3, -0.25) is 9.59 Å². The first kappa shape index (κ1) is 18.9. The maximum absolute atomic E-state index is 11.9. The van der Waals surface area contributed by atoms with Crippen molar-refractivity contribution in [3.05, 3.63) is 69.3 Å². The molecule has 2 aromatic carbocycles. The van der Waals surface area contributed by atoms with Crippen LogP contribution in [0.5, 0.6) is 0 Å². The molecule has 0 aliphatic rings. The predicted octanol–water partition coefficient (Wildman–Crippen LogP) is 1.83. The van der Waals surface area contributed by atoms with E-state index in [1.165, 1.54) is 0 Å². The minimum atomic E-state index is -1.12. The number of benzene rings is 2. The van der Waals surface area contributed by atoms with E-state index in [1.807, 2.05) is 24.3 Å². The molecule has 0 aliphatic heterocycles. The van der Waals surface area contributed by atoms with Crippen LogP contribution in [0, 0.1) is 3.57 Å². The summed E-state index contributed by atoms with van der Waals surface area (Å²) in [6.07, 6.45) is 0.171. The van der Waals surface area contributed by atoms with Gasteiger partial charge in [-0.1, -0.05) is 30.3 Å². The van der Waals surface area contributed by atoms with Gasteiger partial charge in [-0.25, -0.2) is 4.79 Å². The van der Waals surface area contributed by atoms with Crippen LogP contribution < -0.4 is 10.6 Å². The second kappa shape index (κ2) is 9.16. The van der Waals surface area contributed by atoms with E-state index in [1.54, 1.807) is 30.3 Å². The van der Waals surface area contributed by atoms with Gasteiger partial charge in [0.25, 0.3) is 5.91 Å². The van der Waals surface area contributed by atoms with Crippen molar-refractivity contribution >= 4 is 40.4 Å². The Hall–Kier alpha value is -2.42. The molecule has 2 amide bonds. The zero-order valence-corrected chi connectivity index (χ0v) is 15.4. The second-order valence-corrected chi connectivity index (χ2v) is 6.58. The van der Waals surface area contributed by atoms with Crippen molar-refractivity contribution in [1.29, 1.82) is 0 Å². The third-order valence-corrected chi connectivity index (χ3v) is 4.15. The molecular formula is C18H17IN2O4. The van der Waals surface area contributed by atoms with Crippen molar-refractivity contribution in [2.24, 2.45) is 0 Å². The number of aliphatic carboxylic acids is 1. The zero-order valence-electron chi connectivity index (χ0n) is 13.2. The number of hydrogen-bond donors (Lipinski definition) is 3. The van der Waals surface area contributed by atoms with Crippen LogP contribution in [0.4, 0.5) is 0 Å². The Bertz CT molecular complexity index is 747. The van der Waals surface area contributed by atoms with Crippen molar-refractivity contribution in [1.82, 2.24) is 10.6 Å². The number of carbonyl (C=O) groups excluding carboxylic acids is 2. The van der Waals surface area contributed by atoms with Crippen LogP contribution in [0.15, 0.2) is 54.6 Å². The minimum Gasteiger partial charge on any atom is -0.480 e. The van der Waals surface area contributed by atoms with Crippen LogP contribution in [0.3, 0.4) is 0 Å². The molecule has 1 atom stereocenters. The summed E-state index contributed by atoms with van der Waals surface area (Å²) in [6, 6.07) is 14.8. The highest BCUT2D eigenvalue weighted by molar-refractivity contribution is 14.1. The molecule has 0 radical (unpaired) electrons. The van der Waals surface area contributed by atoms with E-state index in [0.29, 0.717) is 5.56 Å². The fourth-order valence-corrected chi connectivity index (χ4v) is 2.51. The quantitative estimate of drug-likeness (QED) is 0.559. The average molecular weight is 452 g/mol. The molecule has 0 bridgehead atoms. The lowest BCUT2D eigenvalue weighted by Gasteiger charge is -2.15. The van der Waals surface area contributed by atoms with Gasteiger partial charge >= 0.3 is 5.97 Å². The smallest absolute Gasteiger partial charge is 0.326 e. The molecule has 2 rings (SSSR count). The van der Waals surface area contributed by atoms with Crippen molar-refractivity contribution in [3.63, 3.8) is 0 Å². The molecule has 0 aromatic heterocycles. The Morgan fingerprint density at radius 1 is 1.00 bits per heavy atom. The van der Waals surface area contributed by atoms with Gasteiger partial charge in [-0.05, 0) is 52.4 Å². The molecular weight excluding hydrogens is 435 g/mol. The minimum absolute atomic E-state index is 0.171. The number of halogens is 1. The summed E-state index contributed by atoms with van der Waals surface area (Å²) in [5.74, 6) is -2.07. The SMILES string of the molecule is O=C(CNC(=O)c1ccccc1)N[C@@H](Cc1ccc(I)cc1)C(=O)O. The van der Waals surface area contributed by atoms with Crippen LogP contribution in [-0.2, 0) is 16.0 Å². The molecule has 0 unspecified atom stereocenters. The zero-order chi connectivity index (χ0) is 18.2. The lowest BCUT2D eigenvalue weighted by molar-refractivity contribution is -0.141. The molecule has 0 spiro atoms. The normalized spacial score (nSPS) is 11.4. The van der Waals surface area contributed by atoms with E-state index in [4.69, 9.17) is 0 Å². The molecule has 25 heavy (non-hydrogen) atoms. The van der Waals surface area contributed by atoms with E-state index in [0.717, 1.165) is 9.13 Å². The van der Waals surface area contributed by atoms with Gasteiger partial charge in [0.15, 0.2) is 0 Å². The highest BCUT2D eigenvalue weighted by Gasteiger charge is 2.20. The van der Waals surface area contributed by atoms with Crippen molar-refractivity contribution in [2.45, 2.75) is 12.5 Å². The van der Waals surface area contributed by atoms with Crippen molar-refractivity contribution < 1.29 is 19.5 Å². The number of hydrogen-bond acceptors (Lipinski definition) is 3. The van der Waals surface area contributed by atoms with Gasteiger partial charge in [0, 0.05) is 15.6 Å². The summed E-state index contributed by atoms with van der Waals surface area (Å²) in [4.78, 5) is 35.2. The fourth-order valence-electron chi connectivity index (χ4n) is 2.15. The van der Waals surface area contributed by atoms with Gasteiger partial charge in [-0.15, -0.1) is 0 Å². The first-order valence-electron chi connectivity index (χ1n) is 7.55. The third-order valence-electron chi connectivity index (χ3n) is 3.43. The summed E-state index contributed by atoms with van der Waals surface area (Å²) in [6.45, 7) is -0.288. The molecule has 0 aliphatic carbocycles. The number of nitrogens with one attached hydrogen (secondary N) is 2. The fraction of sp³-hybridized carbons (Fsp3) is 0.167. The van der Waals surface area contributed by atoms with E-state index in [2.05, 4.69) is 33.2 Å². The molecule has 130 valence electrons. The van der Waals surface area contributed by atoms with Crippen LogP contribution in [0.2, 0.25) is 0 Å². The summed E-state index contributed by atoms with van der Waals surface area (Å²) >= 11 is 2.16. The topological polar surface area (TPSA) is 95.5 Å². The number of carboxylic acids is 1. The van der Waals surface area contributed by atoms with Gasteiger partial charge in [0.05, 0.1) is 6.54 Å². The molecule has 7 heteroatoms. The Labute approximate surface area is 158 Å². The molecule has 0 saturated carbocycles. The molecule has 3 N–H and O–H groups in total. The lowest BCUT2D eigenvalue weighted by atomic mass is 10.1. The molecule has 0 heterocycles. The Morgan fingerprint density at radius 3 is 2.24 bits per heavy atom.